The monoisotopic (exact) mass is 407 g/mol. The number of ether oxygens (including phenoxy) is 1. The van der Waals surface area contributed by atoms with Crippen LogP contribution in [0.4, 0.5) is 4.39 Å². The second-order valence-electron chi connectivity index (χ2n) is 7.22. The van der Waals surface area contributed by atoms with Crippen molar-refractivity contribution in [2.75, 3.05) is 13.1 Å². The van der Waals surface area contributed by atoms with E-state index in [-0.39, 0.29) is 6.10 Å². The molecule has 1 aliphatic rings. The lowest BCUT2D eigenvalue weighted by Gasteiger charge is -2.22. The van der Waals surface area contributed by atoms with Crippen LogP contribution in [0.3, 0.4) is 0 Å². The zero-order valence-corrected chi connectivity index (χ0v) is 16.6. The van der Waals surface area contributed by atoms with Gasteiger partial charge < -0.3 is 14.5 Å². The van der Waals surface area contributed by atoms with E-state index in [1.54, 1.807) is 6.07 Å². The normalized spacial score (nSPS) is 15.1. The van der Waals surface area contributed by atoms with Crippen LogP contribution < -0.4 is 10.1 Å². The molecule has 8 heteroatoms. The minimum Gasteiger partial charge on any atom is -0.467 e. The number of piperidine rings is 1. The van der Waals surface area contributed by atoms with E-state index >= 15 is 0 Å². The molecule has 146 valence electrons. The molecule has 3 aromatic heterocycles. The van der Waals surface area contributed by atoms with Crippen molar-refractivity contribution in [1.29, 1.82) is 5.26 Å². The average molecular weight is 407 g/mol. The van der Waals surface area contributed by atoms with Gasteiger partial charge in [-0.1, -0.05) is 11.3 Å². The number of fused-ring (bicyclic) bond motifs is 2. The van der Waals surface area contributed by atoms with Gasteiger partial charge in [-0.2, -0.15) is 10.2 Å². The van der Waals surface area contributed by atoms with Gasteiger partial charge in [0, 0.05) is 12.4 Å². The molecule has 4 aromatic rings. The fraction of sp³-hybridized carbons (Fsp3) is 0.286. The molecule has 5 rings (SSSR count). The number of thiazole rings is 1. The predicted molar refractivity (Wildman–Crippen MR) is 110 cm³/mol. The number of rotatable bonds is 3. The van der Waals surface area contributed by atoms with Crippen molar-refractivity contribution >= 4 is 27.2 Å². The molecule has 0 unspecified atom stereocenters. The maximum Gasteiger partial charge on any atom is 0.274 e. The number of benzene rings is 1. The highest BCUT2D eigenvalue weighted by Crippen LogP contribution is 2.35. The number of aromatic nitrogens is 3. The van der Waals surface area contributed by atoms with E-state index in [0.29, 0.717) is 27.5 Å². The minimum atomic E-state index is -0.394. The van der Waals surface area contributed by atoms with E-state index in [1.807, 2.05) is 29.8 Å². The average Bonchev–Trinajstić information content (AvgIpc) is 3.30. The van der Waals surface area contributed by atoms with Crippen molar-refractivity contribution in [1.82, 2.24) is 19.7 Å². The van der Waals surface area contributed by atoms with E-state index in [1.165, 1.54) is 17.4 Å². The van der Waals surface area contributed by atoms with Crippen LogP contribution in [0.1, 0.15) is 24.1 Å². The number of pyridine rings is 1. The van der Waals surface area contributed by atoms with Gasteiger partial charge in [0.25, 0.3) is 5.19 Å². The number of nitrogens with one attached hydrogen (secondary N) is 1. The van der Waals surface area contributed by atoms with Crippen LogP contribution in [0.25, 0.3) is 27.0 Å². The van der Waals surface area contributed by atoms with Crippen LogP contribution in [-0.4, -0.2) is 33.6 Å². The molecule has 4 heterocycles. The zero-order chi connectivity index (χ0) is 20.0. The molecule has 1 fully saturated rings. The second kappa shape index (κ2) is 7.10. The van der Waals surface area contributed by atoms with E-state index in [2.05, 4.69) is 21.4 Å². The Hall–Kier alpha value is -3.02. The Morgan fingerprint density at radius 3 is 2.83 bits per heavy atom. The predicted octanol–water partition coefficient (Wildman–Crippen LogP) is 4.06. The van der Waals surface area contributed by atoms with Gasteiger partial charge in [-0.25, -0.2) is 9.37 Å². The summed E-state index contributed by atoms with van der Waals surface area (Å²) in [6.45, 7) is 3.72. The SMILES string of the molecule is Cc1cn2cc(-c3cc(F)c4nc(OC5CCNCC5)sc4c3)cc(C#N)c2n1. The van der Waals surface area contributed by atoms with Crippen LogP contribution >= 0.6 is 11.3 Å². The summed E-state index contributed by atoms with van der Waals surface area (Å²) in [6.07, 6.45) is 5.68. The molecule has 1 N–H and O–H groups in total. The van der Waals surface area contributed by atoms with E-state index in [0.717, 1.165) is 41.9 Å². The Labute approximate surface area is 170 Å². The lowest BCUT2D eigenvalue weighted by Crippen LogP contribution is -2.34. The van der Waals surface area contributed by atoms with Crippen LogP contribution in [0, 0.1) is 24.1 Å². The fourth-order valence-corrected chi connectivity index (χ4v) is 4.64. The number of aryl methyl sites for hydroxylation is 1. The largest absolute Gasteiger partial charge is 0.467 e. The van der Waals surface area contributed by atoms with Crippen LogP contribution in [-0.2, 0) is 0 Å². The van der Waals surface area contributed by atoms with E-state index in [4.69, 9.17) is 4.74 Å². The molecule has 0 amide bonds. The van der Waals surface area contributed by atoms with Gasteiger partial charge in [-0.05, 0) is 62.2 Å². The van der Waals surface area contributed by atoms with Gasteiger partial charge in [-0.15, -0.1) is 0 Å². The Bertz CT molecular complexity index is 1270. The number of hydrogen-bond donors (Lipinski definition) is 1. The Kier molecular flexibility index (Phi) is 4.42. The molecule has 0 radical (unpaired) electrons. The fourth-order valence-electron chi connectivity index (χ4n) is 3.70. The van der Waals surface area contributed by atoms with Crippen molar-refractivity contribution in [3.8, 4) is 22.4 Å². The van der Waals surface area contributed by atoms with Gasteiger partial charge in [-0.3, -0.25) is 0 Å². The van der Waals surface area contributed by atoms with Crippen LogP contribution in [0.2, 0.25) is 0 Å². The Morgan fingerprint density at radius 2 is 2.03 bits per heavy atom. The molecular weight excluding hydrogens is 389 g/mol. The van der Waals surface area contributed by atoms with Gasteiger partial charge >= 0.3 is 0 Å². The molecule has 0 saturated carbocycles. The van der Waals surface area contributed by atoms with Crippen molar-refractivity contribution < 1.29 is 9.13 Å². The number of imidazole rings is 1. The van der Waals surface area contributed by atoms with E-state index < -0.39 is 5.82 Å². The highest BCUT2D eigenvalue weighted by Gasteiger charge is 2.19. The standard InChI is InChI=1S/C21H18FN5OS/c1-12-10-27-11-15(6-14(9-23)20(27)25-12)13-7-17(22)19-18(8-13)29-21(26-19)28-16-2-4-24-5-3-16/h6-8,10-11,16,24H,2-5H2,1H3. The van der Waals surface area contributed by atoms with E-state index in [9.17, 15) is 9.65 Å². The molecule has 6 nitrogen and oxygen atoms in total. The number of nitriles is 1. The lowest BCUT2D eigenvalue weighted by atomic mass is 10.1. The Morgan fingerprint density at radius 1 is 1.21 bits per heavy atom. The first-order chi connectivity index (χ1) is 14.1. The highest BCUT2D eigenvalue weighted by molar-refractivity contribution is 7.20. The summed E-state index contributed by atoms with van der Waals surface area (Å²) < 4.78 is 23.3. The third kappa shape index (κ3) is 3.33. The summed E-state index contributed by atoms with van der Waals surface area (Å²) >= 11 is 1.35. The lowest BCUT2D eigenvalue weighted by molar-refractivity contribution is 0.162. The van der Waals surface area contributed by atoms with Crippen LogP contribution in [0.15, 0.2) is 30.6 Å². The molecule has 1 aliphatic heterocycles. The molecular formula is C21H18FN5OS. The first kappa shape index (κ1) is 18.0. The van der Waals surface area contributed by atoms with Crippen molar-refractivity contribution in [3.05, 3.63) is 47.7 Å². The molecule has 1 aromatic carbocycles. The topological polar surface area (TPSA) is 75.2 Å². The molecule has 0 spiro atoms. The summed E-state index contributed by atoms with van der Waals surface area (Å²) in [7, 11) is 0. The maximum atomic E-state index is 14.8. The molecule has 29 heavy (non-hydrogen) atoms. The van der Waals surface area contributed by atoms with Gasteiger partial charge in [0.1, 0.15) is 17.7 Å². The van der Waals surface area contributed by atoms with Gasteiger partial charge in [0.15, 0.2) is 11.5 Å². The van der Waals surface area contributed by atoms with Gasteiger partial charge in [0.2, 0.25) is 0 Å². The minimum absolute atomic E-state index is 0.115. The zero-order valence-electron chi connectivity index (χ0n) is 15.8. The van der Waals surface area contributed by atoms with Gasteiger partial charge in [0.05, 0.1) is 16.0 Å². The third-order valence-corrected chi connectivity index (χ3v) is 6.00. The quantitative estimate of drug-likeness (QED) is 0.554. The molecule has 1 saturated heterocycles. The van der Waals surface area contributed by atoms with Crippen molar-refractivity contribution in [2.24, 2.45) is 0 Å². The number of hydrogen-bond acceptors (Lipinski definition) is 6. The van der Waals surface area contributed by atoms with Crippen molar-refractivity contribution in [2.45, 2.75) is 25.9 Å². The Balaban J connectivity index is 1.55. The number of halogens is 1. The second-order valence-corrected chi connectivity index (χ2v) is 8.21. The summed E-state index contributed by atoms with van der Waals surface area (Å²) in [5, 5.41) is 13.3. The highest BCUT2D eigenvalue weighted by atomic mass is 32.1. The van der Waals surface area contributed by atoms with Crippen molar-refractivity contribution in [3.63, 3.8) is 0 Å². The summed E-state index contributed by atoms with van der Waals surface area (Å²) in [5.74, 6) is -0.394. The molecule has 0 bridgehead atoms. The maximum absolute atomic E-state index is 14.8. The first-order valence-electron chi connectivity index (χ1n) is 9.48. The third-order valence-electron chi connectivity index (χ3n) is 5.11. The molecule has 0 aliphatic carbocycles. The number of nitrogens with zero attached hydrogens (tertiary/aromatic N) is 4. The van der Waals surface area contributed by atoms with Crippen LogP contribution in [0.5, 0.6) is 5.19 Å². The summed E-state index contributed by atoms with van der Waals surface area (Å²) in [4.78, 5) is 8.74. The smallest absolute Gasteiger partial charge is 0.274 e. The summed E-state index contributed by atoms with van der Waals surface area (Å²) in [5.41, 5.74) is 3.64. The first-order valence-corrected chi connectivity index (χ1v) is 10.3. The summed E-state index contributed by atoms with van der Waals surface area (Å²) in [6, 6.07) is 7.29. The molecule has 0 atom stereocenters.